The van der Waals surface area contributed by atoms with E-state index in [4.69, 9.17) is 4.74 Å². The van der Waals surface area contributed by atoms with E-state index < -0.39 is 16.0 Å². The number of para-hydroxylation sites is 1. The molecule has 1 amide bonds. The molecule has 7 aromatic rings. The van der Waals surface area contributed by atoms with Crippen LogP contribution in [0.1, 0.15) is 10.4 Å². The Kier molecular flexibility index (Phi) is 6.69. The Hall–Kier alpha value is -5.78. The Labute approximate surface area is 256 Å². The number of methoxy groups -OCH3 is 1. The summed E-state index contributed by atoms with van der Waals surface area (Å²) in [7, 11) is -2.85. The van der Waals surface area contributed by atoms with Gasteiger partial charge in [-0.1, -0.05) is 48.5 Å². The van der Waals surface area contributed by atoms with E-state index in [0.29, 0.717) is 38.7 Å². The number of amides is 1. The standard InChI is InChI=1S/C34H24N4O6S/c1-44-22-12-10-21(11-13-22)35-34(40)27-18-20-9-15-26-25-6-2-3-7-28(25)36-31(26)30(20)32(33(27)39)38-37-29-8-4-5-19-17-23(45(41,42)43)14-16-24(19)29/h2-18,36,39H,1H3,(H,35,40)(H,41,42,43). The first-order chi connectivity index (χ1) is 21.7. The summed E-state index contributed by atoms with van der Waals surface area (Å²) < 4.78 is 38.0. The second-order valence-corrected chi connectivity index (χ2v) is 11.8. The van der Waals surface area contributed by atoms with Gasteiger partial charge in [0.1, 0.15) is 11.4 Å². The van der Waals surface area contributed by atoms with Gasteiger partial charge in [0.2, 0.25) is 0 Å². The normalized spacial score (nSPS) is 12.0. The predicted molar refractivity (Wildman–Crippen MR) is 174 cm³/mol. The summed E-state index contributed by atoms with van der Waals surface area (Å²) in [6.45, 7) is 0. The lowest BCUT2D eigenvalue weighted by Crippen LogP contribution is -2.12. The van der Waals surface area contributed by atoms with Gasteiger partial charge >= 0.3 is 0 Å². The molecule has 0 unspecified atom stereocenters. The topological polar surface area (TPSA) is 153 Å². The number of hydrogen-bond acceptors (Lipinski definition) is 7. The number of aromatic amines is 1. The van der Waals surface area contributed by atoms with Gasteiger partial charge in [-0.15, -0.1) is 10.2 Å². The molecule has 11 heteroatoms. The monoisotopic (exact) mass is 616 g/mol. The van der Waals surface area contributed by atoms with Crippen LogP contribution in [0.2, 0.25) is 0 Å². The van der Waals surface area contributed by atoms with E-state index in [1.165, 1.54) is 18.2 Å². The van der Waals surface area contributed by atoms with Crippen LogP contribution in [-0.4, -0.2) is 36.1 Å². The molecule has 0 fully saturated rings. The van der Waals surface area contributed by atoms with Gasteiger partial charge in [-0.25, -0.2) is 0 Å². The molecule has 0 aliphatic carbocycles. The van der Waals surface area contributed by atoms with Gasteiger partial charge < -0.3 is 20.1 Å². The summed E-state index contributed by atoms with van der Waals surface area (Å²) in [5, 5.41) is 27.6. The number of hydrogen-bond donors (Lipinski definition) is 4. The molecular formula is C34H24N4O6S. The molecule has 222 valence electrons. The molecule has 4 N–H and O–H groups in total. The minimum atomic E-state index is -4.40. The van der Waals surface area contributed by atoms with Crippen LogP contribution in [0.25, 0.3) is 43.4 Å². The minimum Gasteiger partial charge on any atom is -0.505 e. The number of H-pyrrole nitrogens is 1. The van der Waals surface area contributed by atoms with Crippen LogP contribution in [0, 0.1) is 0 Å². The Bertz CT molecular complexity index is 2450. The highest BCUT2D eigenvalue weighted by molar-refractivity contribution is 7.85. The van der Waals surface area contributed by atoms with E-state index in [9.17, 15) is 22.9 Å². The Morgan fingerprint density at radius 1 is 0.822 bits per heavy atom. The van der Waals surface area contributed by atoms with Crippen molar-refractivity contribution < 1.29 is 27.6 Å². The number of aromatic hydroxyl groups is 1. The maximum absolute atomic E-state index is 13.5. The van der Waals surface area contributed by atoms with E-state index in [-0.39, 0.29) is 21.9 Å². The van der Waals surface area contributed by atoms with Gasteiger partial charge in [0.25, 0.3) is 16.0 Å². The van der Waals surface area contributed by atoms with Crippen LogP contribution in [0.15, 0.2) is 118 Å². The molecule has 6 aromatic carbocycles. The predicted octanol–water partition coefficient (Wildman–Crippen LogP) is 8.26. The molecule has 0 bridgehead atoms. The maximum atomic E-state index is 13.5. The van der Waals surface area contributed by atoms with Gasteiger partial charge in [0.15, 0.2) is 5.75 Å². The zero-order valence-corrected chi connectivity index (χ0v) is 24.5. The Morgan fingerprint density at radius 2 is 1.60 bits per heavy atom. The molecule has 1 heterocycles. The third-order valence-corrected chi connectivity index (χ3v) is 8.56. The number of phenolic OH excluding ortho intramolecular Hbond substituents is 1. The molecule has 0 saturated carbocycles. The fourth-order valence-corrected chi connectivity index (χ4v) is 6.04. The van der Waals surface area contributed by atoms with Gasteiger partial charge in [0, 0.05) is 32.7 Å². The van der Waals surface area contributed by atoms with Crippen molar-refractivity contribution in [3.63, 3.8) is 0 Å². The van der Waals surface area contributed by atoms with Crippen molar-refractivity contribution in [3.8, 4) is 11.5 Å². The fourth-order valence-electron chi connectivity index (χ4n) is 5.52. The number of aromatic nitrogens is 1. The molecule has 0 saturated heterocycles. The third-order valence-electron chi connectivity index (χ3n) is 7.71. The average molecular weight is 617 g/mol. The highest BCUT2D eigenvalue weighted by atomic mass is 32.2. The quantitative estimate of drug-likeness (QED) is 0.109. The molecular weight excluding hydrogens is 592 g/mol. The number of rotatable bonds is 6. The van der Waals surface area contributed by atoms with E-state index in [1.54, 1.807) is 55.6 Å². The number of carbonyl (C=O) groups is 1. The number of phenols is 1. The van der Waals surface area contributed by atoms with E-state index in [2.05, 4.69) is 20.5 Å². The molecule has 0 radical (unpaired) electrons. The SMILES string of the molecule is COc1ccc(NC(=O)c2cc3ccc4c5ccccc5[nH]c4c3c(N=Nc3cccc4cc(S(=O)(=O)O)ccc34)c2O)cc1. The van der Waals surface area contributed by atoms with Crippen molar-refractivity contribution in [1.82, 2.24) is 4.98 Å². The number of carbonyl (C=O) groups excluding carboxylic acids is 1. The van der Waals surface area contributed by atoms with Crippen molar-refractivity contribution in [2.45, 2.75) is 4.90 Å². The van der Waals surface area contributed by atoms with Crippen molar-refractivity contribution in [3.05, 3.63) is 109 Å². The van der Waals surface area contributed by atoms with Crippen molar-refractivity contribution in [1.29, 1.82) is 0 Å². The second kappa shape index (κ2) is 10.7. The fraction of sp³-hybridized carbons (Fsp3) is 0.0294. The van der Waals surface area contributed by atoms with Crippen LogP contribution in [-0.2, 0) is 10.1 Å². The molecule has 45 heavy (non-hydrogen) atoms. The van der Waals surface area contributed by atoms with E-state index in [1.807, 2.05) is 36.4 Å². The average Bonchev–Trinajstić information content (AvgIpc) is 3.42. The van der Waals surface area contributed by atoms with Crippen molar-refractivity contribution in [2.24, 2.45) is 10.2 Å². The number of ether oxygens (including phenoxy) is 1. The van der Waals surface area contributed by atoms with Crippen molar-refractivity contribution in [2.75, 3.05) is 12.4 Å². The molecule has 0 spiro atoms. The van der Waals surface area contributed by atoms with Crippen LogP contribution in [0.4, 0.5) is 17.1 Å². The van der Waals surface area contributed by atoms with Gasteiger partial charge in [-0.3, -0.25) is 9.35 Å². The van der Waals surface area contributed by atoms with Crippen LogP contribution in [0.5, 0.6) is 11.5 Å². The summed E-state index contributed by atoms with van der Waals surface area (Å²) in [5.74, 6) is -0.276. The Balaban J connectivity index is 1.42. The van der Waals surface area contributed by atoms with E-state index in [0.717, 1.165) is 21.8 Å². The Morgan fingerprint density at radius 3 is 2.38 bits per heavy atom. The number of azo groups is 1. The molecule has 10 nitrogen and oxygen atoms in total. The largest absolute Gasteiger partial charge is 0.505 e. The van der Waals surface area contributed by atoms with E-state index >= 15 is 0 Å². The highest BCUT2D eigenvalue weighted by Gasteiger charge is 2.22. The van der Waals surface area contributed by atoms with Crippen LogP contribution in [0.3, 0.4) is 0 Å². The lowest BCUT2D eigenvalue weighted by molar-refractivity contribution is 0.102. The molecule has 1 aromatic heterocycles. The first kappa shape index (κ1) is 28.0. The summed E-state index contributed by atoms with van der Waals surface area (Å²) in [6, 6.07) is 29.3. The zero-order valence-electron chi connectivity index (χ0n) is 23.6. The summed E-state index contributed by atoms with van der Waals surface area (Å²) in [6.07, 6.45) is 0. The number of anilines is 1. The molecule has 0 aliphatic heterocycles. The van der Waals surface area contributed by atoms with Gasteiger partial charge in [-0.2, -0.15) is 8.42 Å². The highest BCUT2D eigenvalue weighted by Crippen LogP contribution is 2.44. The second-order valence-electron chi connectivity index (χ2n) is 10.4. The third kappa shape index (κ3) is 4.99. The van der Waals surface area contributed by atoms with Crippen LogP contribution < -0.4 is 10.1 Å². The maximum Gasteiger partial charge on any atom is 0.294 e. The van der Waals surface area contributed by atoms with Crippen LogP contribution >= 0.6 is 0 Å². The smallest absolute Gasteiger partial charge is 0.294 e. The zero-order chi connectivity index (χ0) is 31.3. The van der Waals surface area contributed by atoms with Crippen molar-refractivity contribution >= 4 is 76.4 Å². The lowest BCUT2D eigenvalue weighted by atomic mass is 10.00. The number of benzene rings is 6. The first-order valence-corrected chi connectivity index (χ1v) is 15.2. The van der Waals surface area contributed by atoms with Gasteiger partial charge in [-0.05, 0) is 65.4 Å². The summed E-state index contributed by atoms with van der Waals surface area (Å²) in [4.78, 5) is 16.7. The number of nitrogens with zero attached hydrogens (tertiary/aromatic N) is 2. The molecule has 0 atom stereocenters. The van der Waals surface area contributed by atoms with Gasteiger partial charge in [0.05, 0.1) is 28.8 Å². The number of fused-ring (bicyclic) bond motifs is 6. The summed E-state index contributed by atoms with van der Waals surface area (Å²) in [5.41, 5.74) is 2.59. The minimum absolute atomic E-state index is 0.00144. The molecule has 7 rings (SSSR count). The number of nitrogens with one attached hydrogen (secondary N) is 2. The summed E-state index contributed by atoms with van der Waals surface area (Å²) >= 11 is 0. The molecule has 0 aliphatic rings. The lowest BCUT2D eigenvalue weighted by Gasteiger charge is -2.12. The first-order valence-electron chi connectivity index (χ1n) is 13.8.